The third kappa shape index (κ3) is 3.77. The fraction of sp³-hybridized carbons (Fsp3) is 0.667. The molecule has 1 aliphatic rings. The van der Waals surface area contributed by atoms with Crippen LogP contribution in [0.5, 0.6) is 0 Å². The van der Waals surface area contributed by atoms with Gasteiger partial charge >= 0.3 is 0 Å². The maximum atomic E-state index is 12.2. The smallest absolute Gasteiger partial charge is 0.254 e. The van der Waals surface area contributed by atoms with Crippen LogP contribution in [0.1, 0.15) is 35.9 Å². The lowest BCUT2D eigenvalue weighted by Crippen LogP contribution is -2.55. The summed E-state index contributed by atoms with van der Waals surface area (Å²) in [4.78, 5) is 22.7. The van der Waals surface area contributed by atoms with Crippen molar-refractivity contribution in [3.8, 4) is 0 Å². The molecule has 0 aliphatic carbocycles. The molecule has 1 saturated heterocycles. The van der Waals surface area contributed by atoms with Crippen molar-refractivity contribution in [2.45, 2.75) is 31.7 Å². The number of amides is 1. The Labute approximate surface area is 125 Å². The summed E-state index contributed by atoms with van der Waals surface area (Å²) in [6.07, 6.45) is 5.80. The van der Waals surface area contributed by atoms with Gasteiger partial charge in [0.1, 0.15) is 5.82 Å². The van der Waals surface area contributed by atoms with Gasteiger partial charge in [-0.3, -0.25) is 4.79 Å². The Morgan fingerprint density at radius 2 is 1.95 bits per heavy atom. The molecular formula is C15H24N4O2. The number of ether oxygens (including phenoxy) is 1. The standard InChI is InChI=1S/C15H24N4O2/c1-4-13-16-9-12(10-17-13)14(20)18-11-15(19(2)3)5-7-21-8-6-15/h9-10H,4-8,11H2,1-3H3,(H,18,20). The summed E-state index contributed by atoms with van der Waals surface area (Å²) >= 11 is 0. The van der Waals surface area contributed by atoms with Crippen LogP contribution in [-0.4, -0.2) is 60.2 Å². The molecule has 1 aliphatic heterocycles. The normalized spacial score (nSPS) is 17.7. The van der Waals surface area contributed by atoms with Gasteiger partial charge in [-0.25, -0.2) is 9.97 Å². The number of carbonyl (C=O) groups is 1. The van der Waals surface area contributed by atoms with Crippen LogP contribution in [0.15, 0.2) is 12.4 Å². The van der Waals surface area contributed by atoms with E-state index in [0.717, 1.165) is 38.3 Å². The monoisotopic (exact) mass is 292 g/mol. The van der Waals surface area contributed by atoms with E-state index < -0.39 is 0 Å². The summed E-state index contributed by atoms with van der Waals surface area (Å²) in [5.41, 5.74) is 0.478. The molecule has 1 amide bonds. The zero-order valence-corrected chi connectivity index (χ0v) is 13.1. The van der Waals surface area contributed by atoms with Gasteiger partial charge in [0.2, 0.25) is 0 Å². The largest absolute Gasteiger partial charge is 0.381 e. The Kier molecular flexibility index (Phi) is 5.25. The van der Waals surface area contributed by atoms with Gasteiger partial charge in [0.25, 0.3) is 5.91 Å². The van der Waals surface area contributed by atoms with Crippen molar-refractivity contribution in [2.75, 3.05) is 33.9 Å². The molecule has 0 radical (unpaired) electrons. The number of hydrogen-bond acceptors (Lipinski definition) is 5. The van der Waals surface area contributed by atoms with Crippen molar-refractivity contribution in [3.63, 3.8) is 0 Å². The van der Waals surface area contributed by atoms with Crippen LogP contribution in [0.25, 0.3) is 0 Å². The molecule has 0 aromatic carbocycles. The second-order valence-electron chi connectivity index (χ2n) is 5.66. The molecule has 0 unspecified atom stereocenters. The van der Waals surface area contributed by atoms with E-state index in [-0.39, 0.29) is 11.4 Å². The van der Waals surface area contributed by atoms with Crippen molar-refractivity contribution in [1.82, 2.24) is 20.2 Å². The van der Waals surface area contributed by atoms with Gasteiger partial charge in [0.15, 0.2) is 0 Å². The number of aromatic nitrogens is 2. The van der Waals surface area contributed by atoms with E-state index in [2.05, 4.69) is 34.3 Å². The molecule has 0 spiro atoms. The predicted molar refractivity (Wildman–Crippen MR) is 80.2 cm³/mol. The minimum absolute atomic E-state index is 0.0296. The van der Waals surface area contributed by atoms with Gasteiger partial charge < -0.3 is 15.0 Å². The third-order valence-electron chi connectivity index (χ3n) is 4.23. The molecule has 2 heterocycles. The first-order valence-electron chi connectivity index (χ1n) is 7.42. The summed E-state index contributed by atoms with van der Waals surface area (Å²) in [5.74, 6) is 0.631. The summed E-state index contributed by atoms with van der Waals surface area (Å²) in [5, 5.41) is 3.01. The van der Waals surface area contributed by atoms with Crippen LogP contribution in [-0.2, 0) is 11.2 Å². The van der Waals surface area contributed by atoms with E-state index in [1.54, 1.807) is 12.4 Å². The van der Waals surface area contributed by atoms with E-state index in [4.69, 9.17) is 4.74 Å². The summed E-state index contributed by atoms with van der Waals surface area (Å²) < 4.78 is 5.43. The highest BCUT2D eigenvalue weighted by molar-refractivity contribution is 5.93. The van der Waals surface area contributed by atoms with E-state index in [0.29, 0.717) is 12.1 Å². The second-order valence-corrected chi connectivity index (χ2v) is 5.66. The Bertz CT molecular complexity index is 467. The lowest BCUT2D eigenvalue weighted by atomic mass is 9.88. The van der Waals surface area contributed by atoms with Crippen molar-refractivity contribution >= 4 is 5.91 Å². The molecule has 0 atom stereocenters. The van der Waals surface area contributed by atoms with Crippen LogP contribution < -0.4 is 5.32 Å². The lowest BCUT2D eigenvalue weighted by Gasteiger charge is -2.42. The molecule has 21 heavy (non-hydrogen) atoms. The molecule has 1 aromatic rings. The molecule has 116 valence electrons. The number of likely N-dealkylation sites (N-methyl/N-ethyl adjacent to an activating group) is 1. The van der Waals surface area contributed by atoms with Gasteiger partial charge in [-0.05, 0) is 26.9 Å². The number of nitrogens with zero attached hydrogens (tertiary/aromatic N) is 3. The second kappa shape index (κ2) is 6.95. The lowest BCUT2D eigenvalue weighted by molar-refractivity contribution is -0.00658. The Hall–Kier alpha value is -1.53. The van der Waals surface area contributed by atoms with Gasteiger partial charge in [-0.2, -0.15) is 0 Å². The molecule has 0 bridgehead atoms. The fourth-order valence-electron chi connectivity index (χ4n) is 2.53. The summed E-state index contributed by atoms with van der Waals surface area (Å²) in [6, 6.07) is 0. The molecule has 2 rings (SSSR count). The van der Waals surface area contributed by atoms with Crippen LogP contribution in [0, 0.1) is 0 Å². The zero-order valence-electron chi connectivity index (χ0n) is 13.1. The predicted octanol–water partition coefficient (Wildman–Crippen LogP) is 0.880. The van der Waals surface area contributed by atoms with E-state index in [1.165, 1.54) is 0 Å². The van der Waals surface area contributed by atoms with Crippen molar-refractivity contribution < 1.29 is 9.53 Å². The molecule has 6 nitrogen and oxygen atoms in total. The molecule has 0 saturated carbocycles. The topological polar surface area (TPSA) is 67.4 Å². The Morgan fingerprint density at radius 3 is 2.48 bits per heavy atom. The Morgan fingerprint density at radius 1 is 1.33 bits per heavy atom. The van der Waals surface area contributed by atoms with Crippen molar-refractivity contribution in [1.29, 1.82) is 0 Å². The van der Waals surface area contributed by atoms with Gasteiger partial charge in [0.05, 0.1) is 5.56 Å². The SMILES string of the molecule is CCc1ncc(C(=O)NCC2(N(C)C)CCOCC2)cn1. The number of carbonyl (C=O) groups excluding carboxylic acids is 1. The van der Waals surface area contributed by atoms with Crippen LogP contribution in [0.2, 0.25) is 0 Å². The van der Waals surface area contributed by atoms with Crippen LogP contribution >= 0.6 is 0 Å². The van der Waals surface area contributed by atoms with E-state index in [9.17, 15) is 4.79 Å². The summed E-state index contributed by atoms with van der Waals surface area (Å²) in [6.45, 7) is 4.07. The number of nitrogens with one attached hydrogen (secondary N) is 1. The van der Waals surface area contributed by atoms with E-state index in [1.807, 2.05) is 6.92 Å². The highest BCUT2D eigenvalue weighted by Gasteiger charge is 2.35. The summed E-state index contributed by atoms with van der Waals surface area (Å²) in [7, 11) is 4.10. The first kappa shape index (κ1) is 15.9. The first-order valence-corrected chi connectivity index (χ1v) is 7.42. The van der Waals surface area contributed by atoms with Gasteiger partial charge in [0, 0.05) is 44.1 Å². The zero-order chi connectivity index (χ0) is 15.3. The maximum absolute atomic E-state index is 12.2. The highest BCUT2D eigenvalue weighted by atomic mass is 16.5. The number of hydrogen-bond donors (Lipinski definition) is 1. The molecular weight excluding hydrogens is 268 g/mol. The minimum atomic E-state index is -0.120. The number of rotatable bonds is 5. The van der Waals surface area contributed by atoms with E-state index >= 15 is 0 Å². The first-order chi connectivity index (χ1) is 10.1. The Balaban J connectivity index is 1.98. The minimum Gasteiger partial charge on any atom is -0.381 e. The average molecular weight is 292 g/mol. The van der Waals surface area contributed by atoms with Crippen LogP contribution in [0.3, 0.4) is 0 Å². The molecule has 1 aromatic heterocycles. The quantitative estimate of drug-likeness (QED) is 0.872. The molecule has 1 fully saturated rings. The van der Waals surface area contributed by atoms with Gasteiger partial charge in [-0.1, -0.05) is 6.92 Å². The average Bonchev–Trinajstić information content (AvgIpc) is 2.53. The van der Waals surface area contributed by atoms with Crippen LogP contribution in [0.4, 0.5) is 0 Å². The van der Waals surface area contributed by atoms with Gasteiger partial charge in [-0.15, -0.1) is 0 Å². The fourth-order valence-corrected chi connectivity index (χ4v) is 2.53. The highest BCUT2D eigenvalue weighted by Crippen LogP contribution is 2.25. The molecule has 6 heteroatoms. The van der Waals surface area contributed by atoms with Crippen molar-refractivity contribution in [3.05, 3.63) is 23.8 Å². The number of aryl methyl sites for hydroxylation is 1. The van der Waals surface area contributed by atoms with Crippen molar-refractivity contribution in [2.24, 2.45) is 0 Å². The maximum Gasteiger partial charge on any atom is 0.254 e. The molecule has 1 N–H and O–H groups in total. The third-order valence-corrected chi connectivity index (χ3v) is 4.23.